The average molecular weight is 535 g/mol. The molecule has 0 atom stereocenters. The van der Waals surface area contributed by atoms with E-state index in [1.165, 1.54) is 18.2 Å². The van der Waals surface area contributed by atoms with Gasteiger partial charge >= 0.3 is 88.7 Å². The first kappa shape index (κ1) is 31.9. The van der Waals surface area contributed by atoms with E-state index in [0.717, 1.165) is 5.69 Å². The van der Waals surface area contributed by atoms with Crippen molar-refractivity contribution in [3.63, 3.8) is 0 Å². The summed E-state index contributed by atoms with van der Waals surface area (Å²) < 4.78 is 36.2. The van der Waals surface area contributed by atoms with E-state index >= 15 is 0 Å². The number of azo groups is 1. The number of benzene rings is 5. The average Bonchev–Trinajstić information content (AvgIpc) is 2.83. The molecule has 5 rings (SSSR count). The second-order valence-corrected chi connectivity index (χ2v) is 8.82. The second-order valence-electron chi connectivity index (χ2n) is 7.47. The normalized spacial score (nSPS) is 10.9. The molecule has 0 aliphatic heterocycles. The van der Waals surface area contributed by atoms with Crippen LogP contribution in [0.5, 0.6) is 5.75 Å². The fourth-order valence-corrected chi connectivity index (χ4v) is 4.51. The number of rotatable bonds is 5. The van der Waals surface area contributed by atoms with Crippen LogP contribution in [0.1, 0.15) is 0 Å². The standard InChI is InChI=1S/C26H17N3O4S.3Na/c30-23-13-5-8-17-7-4-12-22(25(17)23)29-28-20-15-16-21(27-18-9-2-1-3-10-18)26-19(20)11-6-14-24(26)34(31,32)33;;;/h1-3,6-16,27,30H,(H,31,32,33);;;/q-2;3*+1/p-1. The van der Waals surface area contributed by atoms with E-state index in [9.17, 15) is 18.1 Å². The van der Waals surface area contributed by atoms with E-state index in [2.05, 4.69) is 27.7 Å². The molecule has 0 saturated heterocycles. The molecule has 0 fully saturated rings. The van der Waals surface area contributed by atoms with Crippen molar-refractivity contribution >= 4 is 54.4 Å². The van der Waals surface area contributed by atoms with Gasteiger partial charge in [-0.1, -0.05) is 30.3 Å². The Bertz CT molecular complexity index is 1680. The van der Waals surface area contributed by atoms with Crippen LogP contribution in [0, 0.1) is 12.1 Å². The molecule has 0 radical (unpaired) electrons. The molecule has 0 spiro atoms. The summed E-state index contributed by atoms with van der Waals surface area (Å²) in [4.78, 5) is -0.354. The van der Waals surface area contributed by atoms with Gasteiger partial charge in [-0.2, -0.15) is 35.4 Å². The Kier molecular flexibility index (Phi) is 11.8. The van der Waals surface area contributed by atoms with Crippen LogP contribution in [0.2, 0.25) is 0 Å². The molecule has 0 aliphatic carbocycles. The number of anilines is 2. The third kappa shape index (κ3) is 7.03. The first-order valence-electron chi connectivity index (χ1n) is 10.2. The van der Waals surface area contributed by atoms with Gasteiger partial charge in [0.05, 0.1) is 10.6 Å². The number of para-hydroxylation sites is 1. The Morgan fingerprint density at radius 2 is 1.43 bits per heavy atom. The number of phenols is 1. The summed E-state index contributed by atoms with van der Waals surface area (Å²) in [7, 11) is -4.77. The number of nitrogens with zero attached hydrogens (tertiary/aromatic N) is 2. The quantitative estimate of drug-likeness (QED) is 0.111. The Morgan fingerprint density at radius 3 is 2.14 bits per heavy atom. The van der Waals surface area contributed by atoms with Gasteiger partial charge in [0, 0.05) is 27.9 Å². The van der Waals surface area contributed by atoms with Crippen molar-refractivity contribution in [1.29, 1.82) is 0 Å². The van der Waals surface area contributed by atoms with Gasteiger partial charge in [0.1, 0.15) is 10.1 Å². The predicted molar refractivity (Wildman–Crippen MR) is 129 cm³/mol. The molecule has 168 valence electrons. The monoisotopic (exact) mass is 535 g/mol. The third-order valence-corrected chi connectivity index (χ3v) is 6.16. The maximum Gasteiger partial charge on any atom is 1.00 e. The molecule has 2 N–H and O–H groups in total. The number of nitrogens with one attached hydrogen (secondary N) is 1. The molecule has 37 heavy (non-hydrogen) atoms. The smallest absolute Gasteiger partial charge is 0.744 e. The van der Waals surface area contributed by atoms with Gasteiger partial charge in [0.25, 0.3) is 0 Å². The second kappa shape index (κ2) is 13.7. The number of fused-ring (bicyclic) bond motifs is 2. The maximum atomic E-state index is 12.1. The van der Waals surface area contributed by atoms with Crippen LogP contribution < -0.4 is 94.0 Å². The van der Waals surface area contributed by atoms with Crippen molar-refractivity contribution in [1.82, 2.24) is 0 Å². The molecule has 11 heteroatoms. The molecule has 7 nitrogen and oxygen atoms in total. The minimum atomic E-state index is -4.77. The van der Waals surface area contributed by atoms with Crippen molar-refractivity contribution < 1.29 is 107 Å². The zero-order chi connectivity index (χ0) is 23.7. The van der Waals surface area contributed by atoms with Gasteiger partial charge < -0.3 is 15.0 Å². The number of hydrogen-bond acceptors (Lipinski definition) is 7. The van der Waals surface area contributed by atoms with E-state index in [0.29, 0.717) is 33.2 Å². The Morgan fingerprint density at radius 1 is 0.757 bits per heavy atom. The Balaban J connectivity index is 0.00000160. The van der Waals surface area contributed by atoms with Crippen molar-refractivity contribution in [2.45, 2.75) is 4.90 Å². The van der Waals surface area contributed by atoms with Crippen LogP contribution in [0.4, 0.5) is 22.7 Å². The van der Waals surface area contributed by atoms with Gasteiger partial charge in [-0.15, -0.1) is 16.8 Å². The summed E-state index contributed by atoms with van der Waals surface area (Å²) in [6.07, 6.45) is 0. The first-order chi connectivity index (χ1) is 16.4. The molecule has 0 aliphatic rings. The molecule has 0 unspecified atom stereocenters. The minimum Gasteiger partial charge on any atom is -0.744 e. The maximum absolute atomic E-state index is 12.1. The van der Waals surface area contributed by atoms with Crippen molar-refractivity contribution in [2.75, 3.05) is 5.32 Å². The van der Waals surface area contributed by atoms with Crippen LogP contribution in [-0.4, -0.2) is 18.1 Å². The summed E-state index contributed by atoms with van der Waals surface area (Å²) in [5.74, 6) is 0.00690. The topological polar surface area (TPSA) is 114 Å². The molecule has 0 aromatic heterocycles. The molecular weight excluding hydrogens is 519 g/mol. The van der Waals surface area contributed by atoms with Crippen molar-refractivity contribution in [2.24, 2.45) is 10.2 Å². The van der Waals surface area contributed by atoms with Crippen LogP contribution >= 0.6 is 0 Å². The summed E-state index contributed by atoms with van der Waals surface area (Å²) >= 11 is 0. The van der Waals surface area contributed by atoms with Crippen LogP contribution in [0.25, 0.3) is 21.5 Å². The van der Waals surface area contributed by atoms with Gasteiger partial charge in [0.2, 0.25) is 0 Å². The van der Waals surface area contributed by atoms with E-state index in [1.54, 1.807) is 36.4 Å². The van der Waals surface area contributed by atoms with Crippen LogP contribution in [0.3, 0.4) is 0 Å². The molecule has 0 saturated carbocycles. The van der Waals surface area contributed by atoms with Gasteiger partial charge in [-0.05, 0) is 36.0 Å². The fourth-order valence-electron chi connectivity index (χ4n) is 3.80. The molecule has 5 aromatic rings. The molecule has 0 bridgehead atoms. The first-order valence-corrected chi connectivity index (χ1v) is 11.6. The molecular formula is C26H16N3Na3O4S. The van der Waals surface area contributed by atoms with Crippen molar-refractivity contribution in [3.8, 4) is 5.75 Å². The third-order valence-electron chi connectivity index (χ3n) is 5.29. The Hall–Kier alpha value is -1.27. The van der Waals surface area contributed by atoms with Gasteiger partial charge in [-0.25, -0.2) is 13.5 Å². The largest absolute Gasteiger partial charge is 1.00 e. The van der Waals surface area contributed by atoms with Gasteiger partial charge in [-0.3, -0.25) is 0 Å². The van der Waals surface area contributed by atoms with Crippen molar-refractivity contribution in [3.05, 3.63) is 97.1 Å². The van der Waals surface area contributed by atoms with E-state index in [-0.39, 0.29) is 105 Å². The zero-order valence-electron chi connectivity index (χ0n) is 20.6. The minimum absolute atomic E-state index is 0. The summed E-state index contributed by atoms with van der Waals surface area (Å²) in [6, 6.07) is 29.2. The fraction of sp³-hybridized carbons (Fsp3) is 0. The number of phenolic OH excluding ortho intramolecular Hbond substituents is 1. The van der Waals surface area contributed by atoms with E-state index in [4.69, 9.17) is 0 Å². The van der Waals surface area contributed by atoms with Gasteiger partial charge in [0.15, 0.2) is 0 Å². The number of aromatic hydroxyl groups is 1. The predicted octanol–water partition coefficient (Wildman–Crippen LogP) is -2.63. The SMILES string of the molecule is O=S(=O)([O-])c1cccc2c(N=Nc3c[c-]cc4c[c-]cc(O)c34)ccc(Nc3ccccc3)c12.[Na+].[Na+].[Na+]. The van der Waals surface area contributed by atoms with Crippen LogP contribution in [0.15, 0.2) is 100 Å². The van der Waals surface area contributed by atoms with Crippen LogP contribution in [-0.2, 0) is 10.1 Å². The molecule has 0 amide bonds. The zero-order valence-corrected chi connectivity index (χ0v) is 27.4. The van der Waals surface area contributed by atoms with E-state index in [1.807, 2.05) is 30.3 Å². The summed E-state index contributed by atoms with van der Waals surface area (Å²) in [6.45, 7) is 0. The van der Waals surface area contributed by atoms with E-state index < -0.39 is 10.1 Å². The Labute approximate surface area is 281 Å². The number of hydrogen-bond donors (Lipinski definition) is 2. The summed E-state index contributed by atoms with van der Waals surface area (Å²) in [5.41, 5.74) is 1.92. The molecule has 0 heterocycles. The molecule has 5 aromatic carbocycles. The summed E-state index contributed by atoms with van der Waals surface area (Å²) in [5, 5.41) is 23.9.